The average molecular weight is 901 g/mol. The SMILES string of the molecule is c1ccc2c(c1)Sc1ccccc1N2c1ccc2c(-c3cccc4ccccc34)c3cc(N4c5ccccc5Sc5ccccc54)ccc3c(-c3ccc(-c4ccc5ccccc5c4)cc3)c2c1. The van der Waals surface area contributed by atoms with Gasteiger partial charge in [0.1, 0.15) is 0 Å². The molecule has 0 N–H and O–H groups in total. The fraction of sp³-hybridized carbons (Fsp3) is 0. The summed E-state index contributed by atoms with van der Waals surface area (Å²) in [6, 6.07) is 90.0. The Morgan fingerprint density at radius 2 is 0.691 bits per heavy atom. The summed E-state index contributed by atoms with van der Waals surface area (Å²) < 4.78 is 0. The molecule has 14 rings (SSSR count). The van der Waals surface area contributed by atoms with E-state index in [1.807, 2.05) is 23.5 Å². The molecule has 0 saturated heterocycles. The summed E-state index contributed by atoms with van der Waals surface area (Å²) >= 11 is 3.69. The summed E-state index contributed by atoms with van der Waals surface area (Å²) in [6.45, 7) is 0. The highest BCUT2D eigenvalue weighted by Crippen LogP contribution is 2.55. The van der Waals surface area contributed by atoms with Gasteiger partial charge in [0.15, 0.2) is 0 Å². The van der Waals surface area contributed by atoms with Crippen molar-refractivity contribution in [1.82, 2.24) is 0 Å². The molecule has 2 nitrogen and oxygen atoms in total. The van der Waals surface area contributed by atoms with Crippen molar-refractivity contribution in [3.8, 4) is 33.4 Å². The lowest BCUT2D eigenvalue weighted by Crippen LogP contribution is -2.15. The maximum absolute atomic E-state index is 2.46. The number of rotatable bonds is 5. The van der Waals surface area contributed by atoms with Crippen molar-refractivity contribution >= 4 is 101 Å². The molecule has 68 heavy (non-hydrogen) atoms. The van der Waals surface area contributed by atoms with Gasteiger partial charge in [0.05, 0.1) is 22.7 Å². The van der Waals surface area contributed by atoms with E-state index >= 15 is 0 Å². The van der Waals surface area contributed by atoms with Crippen LogP contribution in [-0.2, 0) is 0 Å². The predicted molar refractivity (Wildman–Crippen MR) is 290 cm³/mol. The first-order valence-corrected chi connectivity index (χ1v) is 24.8. The molecule has 0 saturated carbocycles. The molecule has 318 valence electrons. The van der Waals surface area contributed by atoms with E-state index in [4.69, 9.17) is 0 Å². The van der Waals surface area contributed by atoms with Gasteiger partial charge in [0, 0.05) is 31.0 Å². The molecule has 0 bridgehead atoms. The molecular formula is C64H40N2S2. The third-order valence-corrected chi connectivity index (χ3v) is 16.0. The van der Waals surface area contributed by atoms with Crippen LogP contribution in [0.3, 0.4) is 0 Å². The van der Waals surface area contributed by atoms with Gasteiger partial charge in [-0.2, -0.15) is 0 Å². The summed E-state index contributed by atoms with van der Waals surface area (Å²) in [4.78, 5) is 9.91. The minimum atomic E-state index is 1.13. The van der Waals surface area contributed by atoms with Gasteiger partial charge in [-0.1, -0.05) is 187 Å². The minimum Gasteiger partial charge on any atom is -0.308 e. The van der Waals surface area contributed by atoms with Gasteiger partial charge in [-0.25, -0.2) is 0 Å². The third-order valence-electron chi connectivity index (χ3n) is 13.8. The molecule has 12 aromatic rings. The van der Waals surface area contributed by atoms with Crippen LogP contribution in [0.15, 0.2) is 262 Å². The van der Waals surface area contributed by atoms with Crippen LogP contribution >= 0.6 is 23.5 Å². The molecule has 0 aliphatic carbocycles. The molecule has 4 heteroatoms. The molecular weight excluding hydrogens is 861 g/mol. The lowest BCUT2D eigenvalue weighted by Gasteiger charge is -2.34. The molecule has 2 aliphatic heterocycles. The highest BCUT2D eigenvalue weighted by Gasteiger charge is 2.28. The molecule has 12 aromatic carbocycles. The lowest BCUT2D eigenvalue weighted by molar-refractivity contribution is 1.17. The van der Waals surface area contributed by atoms with E-state index in [1.165, 1.54) is 119 Å². The van der Waals surface area contributed by atoms with Crippen molar-refractivity contribution in [3.63, 3.8) is 0 Å². The fourth-order valence-corrected chi connectivity index (χ4v) is 12.8. The van der Waals surface area contributed by atoms with Crippen LogP contribution in [0.25, 0.3) is 76.5 Å². The summed E-state index contributed by atoms with van der Waals surface area (Å²) in [5.74, 6) is 0. The smallest absolute Gasteiger partial charge is 0.0601 e. The van der Waals surface area contributed by atoms with Crippen molar-refractivity contribution in [2.45, 2.75) is 19.6 Å². The Morgan fingerprint density at radius 3 is 1.28 bits per heavy atom. The Balaban J connectivity index is 1.07. The van der Waals surface area contributed by atoms with E-state index in [2.05, 4.69) is 252 Å². The van der Waals surface area contributed by atoms with Crippen molar-refractivity contribution in [3.05, 3.63) is 243 Å². The second-order valence-electron chi connectivity index (χ2n) is 17.6. The quantitative estimate of drug-likeness (QED) is 0.159. The predicted octanol–water partition coefficient (Wildman–Crippen LogP) is 19.2. The molecule has 2 heterocycles. The Hall–Kier alpha value is -8.02. The number of hydrogen-bond donors (Lipinski definition) is 0. The van der Waals surface area contributed by atoms with Crippen LogP contribution in [0.5, 0.6) is 0 Å². The molecule has 0 unspecified atom stereocenters. The van der Waals surface area contributed by atoms with Crippen molar-refractivity contribution in [2.24, 2.45) is 0 Å². The summed E-state index contributed by atoms with van der Waals surface area (Å²) in [5.41, 5.74) is 14.3. The highest BCUT2D eigenvalue weighted by atomic mass is 32.2. The standard InChI is InChI=1S/C64H40N2S2/c1-2-16-45-38-46(33-30-41(45)14-1)42-28-31-44(32-29-42)63-51-36-34-48(66-57-22-7-11-26-61(57)68-62-27-12-8-23-58(62)66)40-54(51)64(50-19-13-17-43-15-3-4-18-49(43)50)52-37-35-47(39-53(52)63)65-55-20-5-9-24-59(55)67-60-25-10-6-21-56(60)65/h1-40H. The molecule has 0 fully saturated rings. The molecule has 0 atom stereocenters. The summed E-state index contributed by atoms with van der Waals surface area (Å²) in [6.07, 6.45) is 0. The number of para-hydroxylation sites is 4. The first-order valence-electron chi connectivity index (χ1n) is 23.2. The van der Waals surface area contributed by atoms with Crippen LogP contribution in [0.2, 0.25) is 0 Å². The van der Waals surface area contributed by atoms with E-state index in [9.17, 15) is 0 Å². The zero-order chi connectivity index (χ0) is 44.7. The van der Waals surface area contributed by atoms with E-state index < -0.39 is 0 Å². The Kier molecular flexibility index (Phi) is 9.11. The number of nitrogens with zero attached hydrogens (tertiary/aromatic N) is 2. The van der Waals surface area contributed by atoms with E-state index in [-0.39, 0.29) is 0 Å². The lowest BCUT2D eigenvalue weighted by atomic mass is 9.84. The largest absolute Gasteiger partial charge is 0.308 e. The topological polar surface area (TPSA) is 6.48 Å². The van der Waals surface area contributed by atoms with E-state index in [0.29, 0.717) is 0 Å². The minimum absolute atomic E-state index is 1.13. The third kappa shape index (κ3) is 6.29. The van der Waals surface area contributed by atoms with Gasteiger partial charge in [0.2, 0.25) is 0 Å². The van der Waals surface area contributed by atoms with Crippen LogP contribution in [0.1, 0.15) is 0 Å². The normalized spacial score (nSPS) is 12.8. The van der Waals surface area contributed by atoms with Crippen LogP contribution in [0, 0.1) is 0 Å². The Labute approximate surface area is 403 Å². The zero-order valence-electron chi connectivity index (χ0n) is 36.8. The van der Waals surface area contributed by atoms with Gasteiger partial charge >= 0.3 is 0 Å². The zero-order valence-corrected chi connectivity index (χ0v) is 38.4. The molecule has 2 aliphatic rings. The Morgan fingerprint density at radius 1 is 0.250 bits per heavy atom. The second kappa shape index (κ2) is 15.8. The molecule has 0 radical (unpaired) electrons. The van der Waals surface area contributed by atoms with Gasteiger partial charge in [0.25, 0.3) is 0 Å². The van der Waals surface area contributed by atoms with Gasteiger partial charge in [-0.15, -0.1) is 0 Å². The van der Waals surface area contributed by atoms with Gasteiger partial charge in [-0.05, 0) is 155 Å². The van der Waals surface area contributed by atoms with Crippen LogP contribution < -0.4 is 9.80 Å². The van der Waals surface area contributed by atoms with E-state index in [1.54, 1.807) is 0 Å². The highest BCUT2D eigenvalue weighted by molar-refractivity contribution is 8.00. The second-order valence-corrected chi connectivity index (χ2v) is 19.8. The Bertz CT molecular complexity index is 3910. The number of anilines is 6. The first kappa shape index (κ1) is 39.2. The summed E-state index contributed by atoms with van der Waals surface area (Å²) in [7, 11) is 0. The monoisotopic (exact) mass is 900 g/mol. The number of fused-ring (bicyclic) bond motifs is 8. The van der Waals surface area contributed by atoms with E-state index in [0.717, 1.165) is 11.4 Å². The fourth-order valence-electron chi connectivity index (χ4n) is 10.7. The van der Waals surface area contributed by atoms with Crippen LogP contribution in [-0.4, -0.2) is 0 Å². The van der Waals surface area contributed by atoms with Crippen molar-refractivity contribution in [2.75, 3.05) is 9.80 Å². The molecule has 0 aromatic heterocycles. The maximum atomic E-state index is 2.46. The first-order chi connectivity index (χ1) is 33.7. The summed E-state index contributed by atoms with van der Waals surface area (Å²) in [5, 5.41) is 9.81. The number of benzene rings is 12. The van der Waals surface area contributed by atoms with Crippen LogP contribution in [0.4, 0.5) is 34.1 Å². The van der Waals surface area contributed by atoms with Crippen molar-refractivity contribution in [1.29, 1.82) is 0 Å². The molecule has 0 spiro atoms. The number of hydrogen-bond acceptors (Lipinski definition) is 4. The maximum Gasteiger partial charge on any atom is 0.0601 e. The van der Waals surface area contributed by atoms with Crippen molar-refractivity contribution < 1.29 is 0 Å². The molecule has 0 amide bonds. The van der Waals surface area contributed by atoms with Gasteiger partial charge in [-0.3, -0.25) is 0 Å². The average Bonchev–Trinajstić information content (AvgIpc) is 3.40. The van der Waals surface area contributed by atoms with Gasteiger partial charge < -0.3 is 9.80 Å².